The third kappa shape index (κ3) is 6.88. The fraction of sp³-hybridized carbons (Fsp3) is 0.263. The molecule has 0 saturated heterocycles. The molecule has 8 nitrogen and oxygen atoms in total. The third-order valence-corrected chi connectivity index (χ3v) is 6.20. The summed E-state index contributed by atoms with van der Waals surface area (Å²) >= 11 is 11.6. The van der Waals surface area contributed by atoms with E-state index in [9.17, 15) is 27.5 Å². The van der Waals surface area contributed by atoms with Crippen molar-refractivity contribution < 1.29 is 32.2 Å². The molecule has 0 aromatic heterocycles. The van der Waals surface area contributed by atoms with Crippen LogP contribution in [0, 0.1) is 12.7 Å². The van der Waals surface area contributed by atoms with Crippen molar-refractivity contribution >= 4 is 50.8 Å². The van der Waals surface area contributed by atoms with Gasteiger partial charge in [-0.3, -0.25) is 9.59 Å². The lowest BCUT2D eigenvalue weighted by molar-refractivity contribution is -0.151. The largest absolute Gasteiger partial charge is 0.454 e. The number of aliphatic hydroxyl groups is 1. The van der Waals surface area contributed by atoms with Gasteiger partial charge in [-0.25, -0.2) is 12.8 Å². The van der Waals surface area contributed by atoms with Gasteiger partial charge in [0.1, 0.15) is 11.9 Å². The molecule has 0 aliphatic heterocycles. The fourth-order valence-corrected chi connectivity index (χ4v) is 3.96. The van der Waals surface area contributed by atoms with Gasteiger partial charge in [-0.05, 0) is 49.7 Å². The van der Waals surface area contributed by atoms with E-state index in [1.54, 1.807) is 6.92 Å². The summed E-state index contributed by atoms with van der Waals surface area (Å²) in [5.41, 5.74) is 0.537. The molecule has 0 saturated carbocycles. The lowest BCUT2D eigenvalue weighted by Gasteiger charge is -2.20. The molecule has 0 spiro atoms. The zero-order valence-electron chi connectivity index (χ0n) is 16.4. The Hall–Kier alpha value is -2.24. The van der Waals surface area contributed by atoms with Crippen LogP contribution in [0.25, 0.3) is 0 Å². The highest BCUT2D eigenvalue weighted by molar-refractivity contribution is 7.89. The molecule has 31 heavy (non-hydrogen) atoms. The highest BCUT2D eigenvalue weighted by atomic mass is 35.5. The average molecular weight is 493 g/mol. The highest BCUT2D eigenvalue weighted by Gasteiger charge is 2.31. The number of hydrogen-bond donors (Lipinski definition) is 3. The first-order valence-electron chi connectivity index (χ1n) is 8.79. The van der Waals surface area contributed by atoms with Crippen LogP contribution >= 0.6 is 23.2 Å². The minimum absolute atomic E-state index is 0.0232. The number of halogens is 3. The van der Waals surface area contributed by atoms with Crippen LogP contribution in [0.15, 0.2) is 41.3 Å². The Kier molecular flexibility index (Phi) is 8.38. The third-order valence-electron chi connectivity index (χ3n) is 4.02. The van der Waals surface area contributed by atoms with Crippen molar-refractivity contribution in [3.8, 4) is 0 Å². The van der Waals surface area contributed by atoms with Gasteiger partial charge in [0.2, 0.25) is 10.0 Å². The second kappa shape index (κ2) is 10.4. The number of amides is 1. The molecular formula is C19H19Cl2FN2O6S. The number of sulfonamides is 1. The smallest absolute Gasteiger partial charge is 0.327 e. The van der Waals surface area contributed by atoms with E-state index in [1.165, 1.54) is 25.1 Å². The lowest BCUT2D eigenvalue weighted by atomic mass is 10.2. The number of carbonyl (C=O) groups is 2. The molecule has 2 rings (SSSR count). The predicted octanol–water partition coefficient (Wildman–Crippen LogP) is 2.65. The summed E-state index contributed by atoms with van der Waals surface area (Å²) in [6.45, 7) is 1.93. The molecule has 3 N–H and O–H groups in total. The van der Waals surface area contributed by atoms with E-state index in [1.807, 2.05) is 4.72 Å². The predicted molar refractivity (Wildman–Crippen MR) is 113 cm³/mol. The zero-order valence-corrected chi connectivity index (χ0v) is 18.7. The topological polar surface area (TPSA) is 122 Å². The molecule has 168 valence electrons. The number of hydrogen-bond acceptors (Lipinski definition) is 6. The van der Waals surface area contributed by atoms with Gasteiger partial charge in [-0.2, -0.15) is 4.72 Å². The van der Waals surface area contributed by atoms with Crippen molar-refractivity contribution in [2.45, 2.75) is 30.9 Å². The number of nitrogens with one attached hydrogen (secondary N) is 2. The van der Waals surface area contributed by atoms with E-state index in [2.05, 4.69) is 5.32 Å². The summed E-state index contributed by atoms with van der Waals surface area (Å²) < 4.78 is 45.4. The van der Waals surface area contributed by atoms with Crippen molar-refractivity contribution in [1.29, 1.82) is 0 Å². The molecule has 2 aromatic rings. The summed E-state index contributed by atoms with van der Waals surface area (Å²) in [6.07, 6.45) is -1.49. The normalized spacial score (nSPS) is 13.4. The second-order valence-electron chi connectivity index (χ2n) is 6.54. The van der Waals surface area contributed by atoms with Gasteiger partial charge in [0.15, 0.2) is 6.61 Å². The fourth-order valence-electron chi connectivity index (χ4n) is 2.32. The number of carbonyl (C=O) groups excluding carboxylic acids is 2. The molecule has 2 unspecified atom stereocenters. The summed E-state index contributed by atoms with van der Waals surface area (Å²) in [7, 11) is -4.28. The van der Waals surface area contributed by atoms with Crippen molar-refractivity contribution in [3.05, 3.63) is 57.8 Å². The zero-order chi connectivity index (χ0) is 23.3. The number of rotatable bonds is 8. The molecular weight excluding hydrogens is 474 g/mol. The number of anilines is 1. The Labute approximate surface area is 188 Å². The molecule has 2 atom stereocenters. The maximum Gasteiger partial charge on any atom is 0.327 e. The Morgan fingerprint density at radius 3 is 2.42 bits per heavy atom. The summed E-state index contributed by atoms with van der Waals surface area (Å²) in [6, 6.07) is 5.80. The Morgan fingerprint density at radius 1 is 1.16 bits per heavy atom. The van der Waals surface area contributed by atoms with Gasteiger partial charge in [0.05, 0.1) is 21.0 Å². The number of aliphatic hydroxyl groups excluding tert-OH is 1. The van der Waals surface area contributed by atoms with Gasteiger partial charge >= 0.3 is 5.97 Å². The average Bonchev–Trinajstić information content (AvgIpc) is 2.69. The number of esters is 1. The van der Waals surface area contributed by atoms with Crippen LogP contribution in [0.4, 0.5) is 10.1 Å². The minimum Gasteiger partial charge on any atom is -0.454 e. The van der Waals surface area contributed by atoms with Gasteiger partial charge in [-0.1, -0.05) is 29.3 Å². The molecule has 12 heteroatoms. The first-order chi connectivity index (χ1) is 14.4. The quantitative estimate of drug-likeness (QED) is 0.487. The molecule has 0 radical (unpaired) electrons. The molecule has 1 amide bonds. The molecule has 0 bridgehead atoms. The van der Waals surface area contributed by atoms with Crippen LogP contribution in [-0.2, 0) is 24.3 Å². The van der Waals surface area contributed by atoms with Crippen molar-refractivity contribution in [3.63, 3.8) is 0 Å². The summed E-state index contributed by atoms with van der Waals surface area (Å²) in [5.74, 6) is -2.50. The second-order valence-corrected chi connectivity index (χ2v) is 9.06. The van der Waals surface area contributed by atoms with Crippen molar-refractivity contribution in [2.75, 3.05) is 11.9 Å². The first kappa shape index (κ1) is 25.0. The van der Waals surface area contributed by atoms with Crippen LogP contribution in [-0.4, -0.2) is 44.2 Å². The molecule has 0 aliphatic carbocycles. The van der Waals surface area contributed by atoms with Crippen molar-refractivity contribution in [1.82, 2.24) is 4.72 Å². The molecule has 2 aromatic carbocycles. The van der Waals surface area contributed by atoms with Crippen LogP contribution in [0.2, 0.25) is 10.0 Å². The van der Waals surface area contributed by atoms with Crippen LogP contribution in [0.1, 0.15) is 12.5 Å². The van der Waals surface area contributed by atoms with Gasteiger partial charge < -0.3 is 15.2 Å². The molecule has 0 aliphatic rings. The van der Waals surface area contributed by atoms with E-state index >= 15 is 0 Å². The van der Waals surface area contributed by atoms with Gasteiger partial charge in [-0.15, -0.1) is 0 Å². The van der Waals surface area contributed by atoms with Crippen LogP contribution in [0.5, 0.6) is 0 Å². The SMILES string of the molecule is Cc1ccc(NC(=O)COC(=O)C(NS(=O)(=O)c2ccc(Cl)c(Cl)c2)C(C)O)cc1F. The maximum atomic E-state index is 13.5. The van der Waals surface area contributed by atoms with Crippen molar-refractivity contribution in [2.24, 2.45) is 0 Å². The Balaban J connectivity index is 2.03. The lowest BCUT2D eigenvalue weighted by Crippen LogP contribution is -2.48. The highest BCUT2D eigenvalue weighted by Crippen LogP contribution is 2.25. The Morgan fingerprint density at radius 2 is 1.84 bits per heavy atom. The van der Waals surface area contributed by atoms with E-state index in [4.69, 9.17) is 27.9 Å². The number of aryl methyl sites for hydroxylation is 1. The van der Waals surface area contributed by atoms with E-state index in [-0.39, 0.29) is 20.6 Å². The van der Waals surface area contributed by atoms with E-state index in [0.717, 1.165) is 18.2 Å². The van der Waals surface area contributed by atoms with Gasteiger partial charge in [0.25, 0.3) is 5.91 Å². The van der Waals surface area contributed by atoms with Crippen LogP contribution in [0.3, 0.4) is 0 Å². The van der Waals surface area contributed by atoms with E-state index < -0.39 is 46.5 Å². The number of ether oxygens (including phenoxy) is 1. The molecule has 0 fully saturated rings. The number of benzene rings is 2. The van der Waals surface area contributed by atoms with Gasteiger partial charge in [0, 0.05) is 5.69 Å². The monoisotopic (exact) mass is 492 g/mol. The maximum absolute atomic E-state index is 13.5. The minimum atomic E-state index is -4.28. The van der Waals surface area contributed by atoms with E-state index in [0.29, 0.717) is 5.56 Å². The first-order valence-corrected chi connectivity index (χ1v) is 11.0. The van der Waals surface area contributed by atoms with Crippen LogP contribution < -0.4 is 10.0 Å². The summed E-state index contributed by atoms with van der Waals surface area (Å²) in [4.78, 5) is 23.9. The summed E-state index contributed by atoms with van der Waals surface area (Å²) in [5, 5.41) is 12.3. The standard InChI is InChI=1S/C19H19Cl2FN2O6S/c1-10-3-4-12(7-16(10)22)23-17(26)9-30-19(27)18(11(2)25)24-31(28,29)13-5-6-14(20)15(21)8-13/h3-8,11,18,24-25H,9H2,1-2H3,(H,23,26). The Bertz CT molecular complexity index is 1090. The molecule has 0 heterocycles.